The van der Waals surface area contributed by atoms with Crippen LogP contribution in [0.4, 0.5) is 10.1 Å². The minimum atomic E-state index is -0.385. The molecule has 1 aromatic heterocycles. The van der Waals surface area contributed by atoms with Crippen molar-refractivity contribution in [2.24, 2.45) is 0 Å². The number of hydrogen-bond donors (Lipinski definition) is 1. The average molecular weight is 302 g/mol. The third-order valence-corrected chi connectivity index (χ3v) is 2.98. The van der Waals surface area contributed by atoms with Gasteiger partial charge in [0.2, 0.25) is 5.91 Å². The van der Waals surface area contributed by atoms with Crippen LogP contribution in [0.15, 0.2) is 30.6 Å². The first-order valence-corrected chi connectivity index (χ1v) is 6.32. The molecule has 1 N–H and O–H groups in total. The van der Waals surface area contributed by atoms with Crippen LogP contribution in [0, 0.1) is 5.82 Å². The van der Waals surface area contributed by atoms with Crippen molar-refractivity contribution in [3.05, 3.63) is 47.0 Å². The van der Waals surface area contributed by atoms with E-state index in [1.54, 1.807) is 16.9 Å². The molecule has 0 atom stereocenters. The summed E-state index contributed by atoms with van der Waals surface area (Å²) in [5.41, 5.74) is 1.28. The van der Waals surface area contributed by atoms with Crippen molar-refractivity contribution in [1.82, 2.24) is 9.78 Å². The van der Waals surface area contributed by atoms with Crippen LogP contribution < -0.4 is 5.32 Å². The third kappa shape index (κ3) is 3.68. The molecular weight excluding hydrogens is 292 g/mol. The van der Waals surface area contributed by atoms with Gasteiger partial charge in [0.25, 0.3) is 0 Å². The first-order valence-electron chi connectivity index (χ1n) is 5.40. The van der Waals surface area contributed by atoms with Gasteiger partial charge in [-0.25, -0.2) is 4.39 Å². The average Bonchev–Trinajstić information content (AvgIpc) is 2.80. The van der Waals surface area contributed by atoms with Crippen molar-refractivity contribution in [2.45, 2.75) is 6.54 Å². The van der Waals surface area contributed by atoms with E-state index < -0.39 is 0 Å². The number of halogens is 3. The fourth-order valence-corrected chi connectivity index (χ4v) is 1.83. The number of carbonyl (C=O) groups excluding carboxylic acids is 1. The largest absolute Gasteiger partial charge is 0.322 e. The quantitative estimate of drug-likeness (QED) is 0.883. The molecule has 0 spiro atoms. The van der Waals surface area contributed by atoms with Gasteiger partial charge in [-0.3, -0.25) is 9.48 Å². The highest BCUT2D eigenvalue weighted by Gasteiger charge is 2.06. The lowest BCUT2D eigenvalue weighted by Crippen LogP contribution is -2.11. The Morgan fingerprint density at radius 1 is 1.47 bits per heavy atom. The molecular formula is C12H10Cl2FN3O. The highest BCUT2D eigenvalue weighted by atomic mass is 35.5. The van der Waals surface area contributed by atoms with Gasteiger partial charge in [-0.05, 0) is 17.7 Å². The number of anilines is 1. The highest BCUT2D eigenvalue weighted by Crippen LogP contribution is 2.18. The van der Waals surface area contributed by atoms with Crippen molar-refractivity contribution in [3.8, 4) is 0 Å². The highest BCUT2D eigenvalue weighted by molar-refractivity contribution is 6.31. The minimum Gasteiger partial charge on any atom is -0.322 e. The molecule has 2 rings (SSSR count). The van der Waals surface area contributed by atoms with Gasteiger partial charge in [0.05, 0.1) is 18.4 Å². The SMILES string of the molecule is O=C(CCl)Nc1cnn(Cc2ccc(F)cc2Cl)c1. The fraction of sp³-hybridized carbons (Fsp3) is 0.167. The standard InChI is InChI=1S/C12H10Cl2FN3O/c13-4-12(19)17-10-5-16-18(7-10)6-8-1-2-9(15)3-11(8)14/h1-3,5,7H,4,6H2,(H,17,19). The Kier molecular flexibility index (Phi) is 4.39. The minimum absolute atomic E-state index is 0.116. The molecule has 0 fully saturated rings. The van der Waals surface area contributed by atoms with Gasteiger partial charge < -0.3 is 5.32 Å². The maximum atomic E-state index is 12.9. The van der Waals surface area contributed by atoms with E-state index in [4.69, 9.17) is 23.2 Å². The van der Waals surface area contributed by atoms with Crippen LogP contribution in [-0.4, -0.2) is 21.6 Å². The smallest absolute Gasteiger partial charge is 0.239 e. The van der Waals surface area contributed by atoms with Gasteiger partial charge in [0.1, 0.15) is 11.7 Å². The maximum Gasteiger partial charge on any atom is 0.239 e. The summed E-state index contributed by atoms with van der Waals surface area (Å²) in [6.07, 6.45) is 3.14. The fourth-order valence-electron chi connectivity index (χ4n) is 1.53. The summed E-state index contributed by atoms with van der Waals surface area (Å²) in [4.78, 5) is 11.1. The van der Waals surface area contributed by atoms with Crippen LogP contribution in [-0.2, 0) is 11.3 Å². The molecule has 4 nitrogen and oxygen atoms in total. The molecule has 0 saturated carbocycles. The molecule has 0 aliphatic rings. The second kappa shape index (κ2) is 6.04. The molecule has 0 aliphatic carbocycles. The Bertz CT molecular complexity index is 600. The molecule has 2 aromatic rings. The van der Waals surface area contributed by atoms with E-state index in [0.29, 0.717) is 17.3 Å². The summed E-state index contributed by atoms with van der Waals surface area (Å²) >= 11 is 11.3. The summed E-state index contributed by atoms with van der Waals surface area (Å²) in [5, 5.41) is 6.98. The number of carbonyl (C=O) groups is 1. The van der Waals surface area contributed by atoms with Gasteiger partial charge in [0, 0.05) is 11.2 Å². The first kappa shape index (κ1) is 13.8. The molecule has 7 heteroatoms. The Labute approximate surface area is 119 Å². The molecule has 0 aliphatic heterocycles. The molecule has 0 bridgehead atoms. The van der Waals surface area contributed by atoms with Crippen molar-refractivity contribution < 1.29 is 9.18 Å². The normalized spacial score (nSPS) is 10.5. The van der Waals surface area contributed by atoms with Gasteiger partial charge in [-0.2, -0.15) is 5.10 Å². The van der Waals surface area contributed by atoms with Crippen LogP contribution in [0.5, 0.6) is 0 Å². The van der Waals surface area contributed by atoms with E-state index in [1.165, 1.54) is 18.3 Å². The van der Waals surface area contributed by atoms with Crippen molar-refractivity contribution in [1.29, 1.82) is 0 Å². The van der Waals surface area contributed by atoms with Gasteiger partial charge in [0.15, 0.2) is 0 Å². The van der Waals surface area contributed by atoms with E-state index in [-0.39, 0.29) is 17.6 Å². The molecule has 0 unspecified atom stereocenters. The van der Waals surface area contributed by atoms with E-state index in [0.717, 1.165) is 5.56 Å². The summed E-state index contributed by atoms with van der Waals surface area (Å²) in [6.45, 7) is 0.385. The number of aromatic nitrogens is 2. The van der Waals surface area contributed by atoms with Gasteiger partial charge in [-0.1, -0.05) is 17.7 Å². The van der Waals surface area contributed by atoms with Crippen LogP contribution in [0.1, 0.15) is 5.56 Å². The van der Waals surface area contributed by atoms with Gasteiger partial charge >= 0.3 is 0 Å². The molecule has 100 valence electrons. The molecule has 0 saturated heterocycles. The van der Waals surface area contributed by atoms with Crippen LogP contribution in [0.2, 0.25) is 5.02 Å². The number of nitrogens with one attached hydrogen (secondary N) is 1. The first-order chi connectivity index (χ1) is 9.08. The number of amides is 1. The monoisotopic (exact) mass is 301 g/mol. The van der Waals surface area contributed by atoms with Crippen LogP contribution >= 0.6 is 23.2 Å². The zero-order chi connectivity index (χ0) is 13.8. The second-order valence-corrected chi connectivity index (χ2v) is 4.52. The van der Waals surface area contributed by atoms with Crippen molar-refractivity contribution in [3.63, 3.8) is 0 Å². The third-order valence-electron chi connectivity index (χ3n) is 2.39. The lowest BCUT2D eigenvalue weighted by Gasteiger charge is -2.04. The van der Waals surface area contributed by atoms with E-state index >= 15 is 0 Å². The Morgan fingerprint density at radius 2 is 2.26 bits per heavy atom. The number of nitrogens with zero attached hydrogens (tertiary/aromatic N) is 2. The Balaban J connectivity index is 2.09. The number of hydrogen-bond acceptors (Lipinski definition) is 2. The molecule has 1 aromatic carbocycles. The van der Waals surface area contributed by atoms with E-state index in [1.807, 2.05) is 0 Å². The lowest BCUT2D eigenvalue weighted by molar-refractivity contribution is -0.113. The van der Waals surface area contributed by atoms with Gasteiger partial charge in [-0.15, -0.1) is 11.6 Å². The molecule has 1 heterocycles. The summed E-state index contributed by atoms with van der Waals surface area (Å²) in [5.74, 6) is -0.806. The number of alkyl halides is 1. The van der Waals surface area contributed by atoms with Crippen LogP contribution in [0.25, 0.3) is 0 Å². The molecule has 19 heavy (non-hydrogen) atoms. The number of rotatable bonds is 4. The van der Waals surface area contributed by atoms with Crippen LogP contribution in [0.3, 0.4) is 0 Å². The topological polar surface area (TPSA) is 46.9 Å². The van der Waals surface area contributed by atoms with E-state index in [2.05, 4.69) is 10.4 Å². The lowest BCUT2D eigenvalue weighted by atomic mass is 10.2. The summed E-state index contributed by atoms with van der Waals surface area (Å²) in [6, 6.07) is 4.17. The second-order valence-electron chi connectivity index (χ2n) is 3.84. The Morgan fingerprint density at radius 3 is 2.95 bits per heavy atom. The molecule has 1 amide bonds. The number of benzene rings is 1. The van der Waals surface area contributed by atoms with Crippen molar-refractivity contribution in [2.75, 3.05) is 11.2 Å². The summed E-state index contributed by atoms with van der Waals surface area (Å²) < 4.78 is 14.5. The predicted octanol–water partition coefficient (Wildman–Crippen LogP) is 2.90. The van der Waals surface area contributed by atoms with E-state index in [9.17, 15) is 9.18 Å². The predicted molar refractivity (Wildman–Crippen MR) is 72.1 cm³/mol. The summed E-state index contributed by atoms with van der Waals surface area (Å²) in [7, 11) is 0. The zero-order valence-electron chi connectivity index (χ0n) is 9.74. The zero-order valence-corrected chi connectivity index (χ0v) is 11.2. The molecule has 0 radical (unpaired) electrons. The van der Waals surface area contributed by atoms with Crippen molar-refractivity contribution >= 4 is 34.8 Å². The Hall–Kier alpha value is -1.59. The maximum absolute atomic E-state index is 12.9.